The van der Waals surface area contributed by atoms with E-state index < -0.39 is 0 Å². The predicted molar refractivity (Wildman–Crippen MR) is 35.5 cm³/mol. The summed E-state index contributed by atoms with van der Waals surface area (Å²) >= 11 is 1.33. The second kappa shape index (κ2) is 7.27. The molecule has 0 fully saturated rings. The summed E-state index contributed by atoms with van der Waals surface area (Å²) in [5, 5.41) is 8.12. The monoisotopic (exact) mass is 136 g/mol. The first-order valence-electron chi connectivity index (χ1n) is 2.77. The highest BCUT2D eigenvalue weighted by molar-refractivity contribution is 7.94. The van der Waals surface area contributed by atoms with Crippen molar-refractivity contribution in [2.45, 2.75) is 19.8 Å². The lowest BCUT2D eigenvalue weighted by atomic mass is 10.4. The van der Waals surface area contributed by atoms with Gasteiger partial charge in [0.25, 0.3) is 0 Å². The zero-order valence-corrected chi connectivity index (χ0v) is 5.91. The van der Waals surface area contributed by atoms with E-state index in [0.29, 0.717) is 0 Å². The van der Waals surface area contributed by atoms with Gasteiger partial charge in [0, 0.05) is 5.75 Å². The summed E-state index contributed by atoms with van der Waals surface area (Å²) in [6.07, 6.45) is 2.34. The molecule has 50 valence electrons. The lowest BCUT2D eigenvalue weighted by molar-refractivity contribution is 0.120. The van der Waals surface area contributed by atoms with Crippen molar-refractivity contribution < 1.29 is 9.29 Å². The Morgan fingerprint density at radius 2 is 2.38 bits per heavy atom. The average Bonchev–Trinajstić information content (AvgIpc) is 1.81. The van der Waals surface area contributed by atoms with Gasteiger partial charge in [-0.3, -0.25) is 4.18 Å². The Bertz CT molecular complexity index is 35.4. The molecule has 8 heavy (non-hydrogen) atoms. The molecule has 2 nitrogen and oxygen atoms in total. The second-order valence-corrected chi connectivity index (χ2v) is 2.30. The zero-order chi connectivity index (χ0) is 6.24. The van der Waals surface area contributed by atoms with Crippen LogP contribution in [-0.4, -0.2) is 17.7 Å². The third kappa shape index (κ3) is 6.27. The smallest absolute Gasteiger partial charge is 0.156 e. The first-order valence-corrected chi connectivity index (χ1v) is 3.68. The number of hydrogen-bond acceptors (Lipinski definition) is 3. The van der Waals surface area contributed by atoms with Crippen LogP contribution in [0.1, 0.15) is 19.8 Å². The Labute approximate surface area is 54.4 Å². The van der Waals surface area contributed by atoms with E-state index in [0.717, 1.165) is 12.2 Å². The van der Waals surface area contributed by atoms with Crippen LogP contribution >= 0.6 is 12.0 Å². The molecule has 0 amide bonds. The highest BCUT2D eigenvalue weighted by atomic mass is 32.2. The van der Waals surface area contributed by atoms with Crippen molar-refractivity contribution in [3.05, 3.63) is 0 Å². The van der Waals surface area contributed by atoms with Gasteiger partial charge in [0.05, 0.1) is 0 Å². The first-order chi connectivity index (χ1) is 3.91. The molecule has 0 aromatic heterocycles. The molecule has 1 N–H and O–H groups in total. The molecule has 0 aliphatic rings. The summed E-state index contributed by atoms with van der Waals surface area (Å²) in [7, 11) is 0. The lowest BCUT2D eigenvalue weighted by Gasteiger charge is -1.94. The predicted octanol–water partition coefficient (Wildman–Crippen LogP) is 1.40. The molecular weight excluding hydrogens is 124 g/mol. The molecule has 0 radical (unpaired) electrons. The quantitative estimate of drug-likeness (QED) is 0.352. The molecule has 0 spiro atoms. The summed E-state index contributed by atoms with van der Waals surface area (Å²) in [5.74, 6) is 0.983. The Morgan fingerprint density at radius 1 is 1.62 bits per heavy atom. The zero-order valence-electron chi connectivity index (χ0n) is 5.09. The van der Waals surface area contributed by atoms with Gasteiger partial charge in [0.15, 0.2) is 6.79 Å². The Morgan fingerprint density at radius 3 is 2.88 bits per heavy atom. The lowest BCUT2D eigenvalue weighted by Crippen LogP contribution is -1.84. The van der Waals surface area contributed by atoms with Gasteiger partial charge in [0.1, 0.15) is 0 Å². The first kappa shape index (κ1) is 8.27. The molecule has 0 saturated carbocycles. The molecule has 0 bridgehead atoms. The summed E-state index contributed by atoms with van der Waals surface area (Å²) < 4.78 is 4.61. The topological polar surface area (TPSA) is 29.5 Å². The van der Waals surface area contributed by atoms with E-state index in [-0.39, 0.29) is 6.79 Å². The molecule has 0 saturated heterocycles. The van der Waals surface area contributed by atoms with Crippen LogP contribution in [0.2, 0.25) is 0 Å². The minimum absolute atomic E-state index is 0.172. The van der Waals surface area contributed by atoms with E-state index in [9.17, 15) is 0 Å². The van der Waals surface area contributed by atoms with Gasteiger partial charge in [-0.1, -0.05) is 13.3 Å². The maximum Gasteiger partial charge on any atom is 0.156 e. The second-order valence-electron chi connectivity index (χ2n) is 1.42. The summed E-state index contributed by atoms with van der Waals surface area (Å²) in [6.45, 7) is 1.95. The van der Waals surface area contributed by atoms with Crippen LogP contribution in [0.3, 0.4) is 0 Å². The fraction of sp³-hybridized carbons (Fsp3) is 1.00. The van der Waals surface area contributed by atoms with Crippen molar-refractivity contribution in [3.8, 4) is 0 Å². The Balaban J connectivity index is 2.53. The largest absolute Gasteiger partial charge is 0.370 e. The SMILES string of the molecule is CCCCSOCO. The van der Waals surface area contributed by atoms with Crippen molar-refractivity contribution in [3.63, 3.8) is 0 Å². The molecular formula is C5H12O2S. The standard InChI is InChI=1S/C5H12O2S/c1-2-3-4-8-7-5-6/h6H,2-5H2,1H3. The van der Waals surface area contributed by atoms with Crippen molar-refractivity contribution in [2.75, 3.05) is 12.5 Å². The minimum Gasteiger partial charge on any atom is -0.370 e. The Hall–Kier alpha value is 0.270. The number of hydrogen-bond donors (Lipinski definition) is 1. The molecule has 0 aliphatic carbocycles. The highest BCUT2D eigenvalue weighted by Gasteiger charge is 1.84. The molecule has 3 heteroatoms. The summed E-state index contributed by atoms with van der Waals surface area (Å²) in [4.78, 5) is 0. The molecule has 0 aromatic rings. The Kier molecular flexibility index (Phi) is 7.52. The van der Waals surface area contributed by atoms with Crippen molar-refractivity contribution >= 4 is 12.0 Å². The van der Waals surface area contributed by atoms with Gasteiger partial charge >= 0.3 is 0 Å². The van der Waals surface area contributed by atoms with Crippen molar-refractivity contribution in [1.82, 2.24) is 0 Å². The van der Waals surface area contributed by atoms with Crippen LogP contribution in [0, 0.1) is 0 Å². The number of aliphatic hydroxyl groups is 1. The van der Waals surface area contributed by atoms with E-state index in [1.165, 1.54) is 18.5 Å². The van der Waals surface area contributed by atoms with Crippen LogP contribution in [-0.2, 0) is 4.18 Å². The average molecular weight is 136 g/mol. The van der Waals surface area contributed by atoms with Crippen LogP contribution in [0.4, 0.5) is 0 Å². The normalized spacial score (nSPS) is 9.75. The van der Waals surface area contributed by atoms with Crippen LogP contribution in [0.5, 0.6) is 0 Å². The summed E-state index contributed by atoms with van der Waals surface area (Å²) in [6, 6.07) is 0. The van der Waals surface area contributed by atoms with Gasteiger partial charge in [-0.15, -0.1) is 0 Å². The fourth-order valence-corrected chi connectivity index (χ4v) is 0.898. The van der Waals surface area contributed by atoms with E-state index in [1.54, 1.807) is 0 Å². The van der Waals surface area contributed by atoms with Gasteiger partial charge in [-0.2, -0.15) is 0 Å². The fourth-order valence-electron chi connectivity index (χ4n) is 0.299. The van der Waals surface area contributed by atoms with Crippen LogP contribution in [0.25, 0.3) is 0 Å². The number of aliphatic hydroxyl groups excluding tert-OH is 1. The molecule has 0 unspecified atom stereocenters. The van der Waals surface area contributed by atoms with E-state index in [2.05, 4.69) is 11.1 Å². The van der Waals surface area contributed by atoms with Gasteiger partial charge in [-0.25, -0.2) is 0 Å². The third-order valence-electron chi connectivity index (χ3n) is 0.717. The molecule has 0 atom stereocenters. The maximum atomic E-state index is 8.12. The highest BCUT2D eigenvalue weighted by Crippen LogP contribution is 2.03. The van der Waals surface area contributed by atoms with Gasteiger partial charge < -0.3 is 5.11 Å². The summed E-state index contributed by atoms with van der Waals surface area (Å²) in [5.41, 5.74) is 0. The van der Waals surface area contributed by atoms with Gasteiger partial charge in [0.2, 0.25) is 0 Å². The number of unbranched alkanes of at least 4 members (excludes halogenated alkanes) is 1. The van der Waals surface area contributed by atoms with E-state index in [1.807, 2.05) is 0 Å². The molecule has 0 aromatic carbocycles. The maximum absolute atomic E-state index is 8.12. The van der Waals surface area contributed by atoms with Gasteiger partial charge in [-0.05, 0) is 18.5 Å². The van der Waals surface area contributed by atoms with E-state index in [4.69, 9.17) is 5.11 Å². The van der Waals surface area contributed by atoms with Crippen molar-refractivity contribution in [1.29, 1.82) is 0 Å². The molecule has 0 rings (SSSR count). The molecule has 0 aliphatic heterocycles. The van der Waals surface area contributed by atoms with Crippen LogP contribution in [0.15, 0.2) is 0 Å². The van der Waals surface area contributed by atoms with Crippen LogP contribution < -0.4 is 0 Å². The van der Waals surface area contributed by atoms with E-state index >= 15 is 0 Å². The minimum atomic E-state index is -0.172. The van der Waals surface area contributed by atoms with Crippen molar-refractivity contribution in [2.24, 2.45) is 0 Å². The third-order valence-corrected chi connectivity index (χ3v) is 1.44. The number of rotatable bonds is 5. The molecule has 0 heterocycles.